The number of Topliss-reactive ketones (excluding diaryl/α,β-unsaturated/α-hetero) is 1. The quantitative estimate of drug-likeness (QED) is 0.773. The SMILES string of the molecule is CC1=C(Sc2ccc(Cl)cc2)C(=O)CCC1. The highest BCUT2D eigenvalue weighted by atomic mass is 35.5. The van der Waals surface area contributed by atoms with Gasteiger partial charge in [-0.25, -0.2) is 0 Å². The van der Waals surface area contributed by atoms with Crippen molar-refractivity contribution in [1.29, 1.82) is 0 Å². The molecule has 0 aliphatic heterocycles. The van der Waals surface area contributed by atoms with Crippen LogP contribution < -0.4 is 0 Å². The highest BCUT2D eigenvalue weighted by molar-refractivity contribution is 8.04. The smallest absolute Gasteiger partial charge is 0.169 e. The Morgan fingerprint density at radius 2 is 1.88 bits per heavy atom. The number of thioether (sulfide) groups is 1. The summed E-state index contributed by atoms with van der Waals surface area (Å²) in [6.45, 7) is 2.05. The first-order valence-corrected chi connectivity index (χ1v) is 6.52. The second-order valence-electron chi connectivity index (χ2n) is 3.94. The van der Waals surface area contributed by atoms with E-state index in [-0.39, 0.29) is 5.78 Å². The van der Waals surface area contributed by atoms with Gasteiger partial charge in [0.2, 0.25) is 0 Å². The molecule has 1 aliphatic rings. The number of carbonyl (C=O) groups is 1. The van der Waals surface area contributed by atoms with Crippen molar-refractivity contribution in [3.05, 3.63) is 39.8 Å². The first-order chi connectivity index (χ1) is 7.66. The van der Waals surface area contributed by atoms with E-state index in [0.29, 0.717) is 6.42 Å². The summed E-state index contributed by atoms with van der Waals surface area (Å²) in [5, 5.41) is 0.727. The molecule has 84 valence electrons. The second-order valence-corrected chi connectivity index (χ2v) is 5.46. The molecule has 0 unspecified atom stereocenters. The molecule has 0 amide bonds. The monoisotopic (exact) mass is 252 g/mol. The van der Waals surface area contributed by atoms with E-state index in [9.17, 15) is 4.79 Å². The van der Waals surface area contributed by atoms with Crippen LogP contribution >= 0.6 is 23.4 Å². The van der Waals surface area contributed by atoms with Crippen LogP contribution in [0.15, 0.2) is 39.6 Å². The molecule has 0 fully saturated rings. The van der Waals surface area contributed by atoms with Gasteiger partial charge in [-0.15, -0.1) is 0 Å². The lowest BCUT2D eigenvalue weighted by molar-refractivity contribution is -0.115. The van der Waals surface area contributed by atoms with Crippen LogP contribution in [0.1, 0.15) is 26.2 Å². The van der Waals surface area contributed by atoms with Gasteiger partial charge in [0, 0.05) is 16.3 Å². The van der Waals surface area contributed by atoms with E-state index in [1.54, 1.807) is 11.8 Å². The third kappa shape index (κ3) is 2.69. The Morgan fingerprint density at radius 3 is 2.50 bits per heavy atom. The number of hydrogen-bond donors (Lipinski definition) is 0. The molecule has 0 saturated carbocycles. The van der Waals surface area contributed by atoms with Crippen LogP contribution in [0.5, 0.6) is 0 Å². The number of rotatable bonds is 2. The summed E-state index contributed by atoms with van der Waals surface area (Å²) < 4.78 is 0. The molecule has 1 nitrogen and oxygen atoms in total. The van der Waals surface area contributed by atoms with Crippen molar-refractivity contribution < 1.29 is 4.79 Å². The Balaban J connectivity index is 2.20. The predicted molar refractivity (Wildman–Crippen MR) is 68.9 cm³/mol. The van der Waals surface area contributed by atoms with Gasteiger partial charge in [-0.2, -0.15) is 0 Å². The van der Waals surface area contributed by atoms with Crippen molar-refractivity contribution >= 4 is 29.1 Å². The Kier molecular flexibility index (Phi) is 3.72. The van der Waals surface area contributed by atoms with Gasteiger partial charge in [0.1, 0.15) is 0 Å². The summed E-state index contributed by atoms with van der Waals surface area (Å²) in [6, 6.07) is 7.62. The van der Waals surface area contributed by atoms with Gasteiger partial charge in [0.15, 0.2) is 5.78 Å². The number of carbonyl (C=O) groups excluding carboxylic acids is 1. The highest BCUT2D eigenvalue weighted by Crippen LogP contribution is 2.35. The van der Waals surface area contributed by atoms with E-state index in [1.807, 2.05) is 24.3 Å². The minimum absolute atomic E-state index is 0.281. The van der Waals surface area contributed by atoms with E-state index < -0.39 is 0 Å². The molecule has 1 aliphatic carbocycles. The average Bonchev–Trinajstić information content (AvgIpc) is 2.26. The van der Waals surface area contributed by atoms with E-state index in [1.165, 1.54) is 5.57 Å². The molecule has 0 spiro atoms. The summed E-state index contributed by atoms with van der Waals surface area (Å²) in [4.78, 5) is 13.8. The summed E-state index contributed by atoms with van der Waals surface area (Å²) in [5.41, 5.74) is 1.22. The zero-order chi connectivity index (χ0) is 11.5. The van der Waals surface area contributed by atoms with Crippen LogP contribution in [0.2, 0.25) is 5.02 Å². The topological polar surface area (TPSA) is 17.1 Å². The van der Waals surface area contributed by atoms with Crippen molar-refractivity contribution in [3.8, 4) is 0 Å². The van der Waals surface area contributed by atoms with Gasteiger partial charge in [-0.1, -0.05) is 28.9 Å². The second kappa shape index (κ2) is 5.07. The van der Waals surface area contributed by atoms with Gasteiger partial charge in [-0.05, 0) is 44.0 Å². The normalized spacial score (nSPS) is 16.8. The molecule has 0 radical (unpaired) electrons. The third-order valence-corrected chi connectivity index (χ3v) is 4.17. The lowest BCUT2D eigenvalue weighted by atomic mass is 10.00. The maximum atomic E-state index is 11.8. The predicted octanol–water partition coefficient (Wildman–Crippen LogP) is 4.46. The average molecular weight is 253 g/mol. The Bertz CT molecular complexity index is 434. The number of ketones is 1. The third-order valence-electron chi connectivity index (χ3n) is 2.63. The summed E-state index contributed by atoms with van der Waals surface area (Å²) >= 11 is 7.38. The Morgan fingerprint density at radius 1 is 1.19 bits per heavy atom. The molecule has 0 N–H and O–H groups in total. The largest absolute Gasteiger partial charge is 0.294 e. The summed E-state index contributed by atoms with van der Waals surface area (Å²) in [7, 11) is 0. The van der Waals surface area contributed by atoms with Crippen molar-refractivity contribution in [2.75, 3.05) is 0 Å². The van der Waals surface area contributed by atoms with Gasteiger partial charge >= 0.3 is 0 Å². The van der Waals surface area contributed by atoms with Crippen molar-refractivity contribution in [3.63, 3.8) is 0 Å². The van der Waals surface area contributed by atoms with E-state index in [2.05, 4.69) is 6.92 Å². The van der Waals surface area contributed by atoms with Gasteiger partial charge in [-0.3, -0.25) is 4.79 Å². The highest BCUT2D eigenvalue weighted by Gasteiger charge is 2.18. The number of allylic oxidation sites excluding steroid dienone is 2. The first kappa shape index (κ1) is 11.7. The minimum Gasteiger partial charge on any atom is -0.294 e. The molecule has 16 heavy (non-hydrogen) atoms. The molecule has 0 saturated heterocycles. The number of halogens is 1. The zero-order valence-electron chi connectivity index (χ0n) is 9.13. The molecule has 0 bridgehead atoms. The van der Waals surface area contributed by atoms with Gasteiger partial charge < -0.3 is 0 Å². The maximum Gasteiger partial charge on any atom is 0.169 e. The maximum absolute atomic E-state index is 11.8. The minimum atomic E-state index is 0.281. The van der Waals surface area contributed by atoms with Crippen LogP contribution in [0.25, 0.3) is 0 Å². The lowest BCUT2D eigenvalue weighted by Crippen LogP contribution is -2.07. The fraction of sp³-hybridized carbons (Fsp3) is 0.308. The molecule has 0 aromatic heterocycles. The summed E-state index contributed by atoms with van der Waals surface area (Å²) in [6.07, 6.45) is 2.73. The molecule has 0 atom stereocenters. The molecule has 2 rings (SSSR count). The molecule has 1 aromatic rings. The standard InChI is InChI=1S/C13H13ClOS/c1-9-3-2-4-12(15)13(9)16-11-7-5-10(14)6-8-11/h5-8H,2-4H2,1H3. The lowest BCUT2D eigenvalue weighted by Gasteiger charge is -2.15. The molecule has 1 aromatic carbocycles. The van der Waals surface area contributed by atoms with E-state index in [4.69, 9.17) is 11.6 Å². The number of benzene rings is 1. The van der Waals surface area contributed by atoms with Gasteiger partial charge in [0.05, 0.1) is 4.91 Å². The summed E-state index contributed by atoms with van der Waals surface area (Å²) in [5.74, 6) is 0.281. The van der Waals surface area contributed by atoms with E-state index >= 15 is 0 Å². The Hall–Kier alpha value is -0.730. The molecule has 0 heterocycles. The molecular weight excluding hydrogens is 240 g/mol. The number of hydrogen-bond acceptors (Lipinski definition) is 2. The first-order valence-electron chi connectivity index (χ1n) is 5.33. The van der Waals surface area contributed by atoms with Crippen LogP contribution in [0.4, 0.5) is 0 Å². The van der Waals surface area contributed by atoms with Crippen LogP contribution in [0, 0.1) is 0 Å². The van der Waals surface area contributed by atoms with E-state index in [0.717, 1.165) is 27.7 Å². The molecule has 3 heteroatoms. The van der Waals surface area contributed by atoms with Crippen molar-refractivity contribution in [2.24, 2.45) is 0 Å². The Labute approximate surface area is 105 Å². The van der Waals surface area contributed by atoms with Crippen LogP contribution in [-0.4, -0.2) is 5.78 Å². The fourth-order valence-electron chi connectivity index (χ4n) is 1.74. The van der Waals surface area contributed by atoms with Gasteiger partial charge in [0.25, 0.3) is 0 Å². The van der Waals surface area contributed by atoms with Crippen LogP contribution in [-0.2, 0) is 4.79 Å². The van der Waals surface area contributed by atoms with Crippen molar-refractivity contribution in [1.82, 2.24) is 0 Å². The molecular formula is C13H13ClOS. The zero-order valence-corrected chi connectivity index (χ0v) is 10.7. The van der Waals surface area contributed by atoms with Crippen LogP contribution in [0.3, 0.4) is 0 Å². The van der Waals surface area contributed by atoms with Crippen molar-refractivity contribution in [2.45, 2.75) is 31.1 Å². The fourth-order valence-corrected chi connectivity index (χ4v) is 2.87.